The SMILES string of the molecule is CCOC[CH2][Ge]([CH2]C)[CH2]C.c1cc[c]([Ge]([c]2ccccc2)[c]2ccccc2)cc1. The Labute approximate surface area is 186 Å². The van der Waals surface area contributed by atoms with Crippen molar-refractivity contribution in [3.8, 4) is 0 Å². The zero-order chi connectivity index (χ0) is 20.7. The molecule has 0 bridgehead atoms. The molecule has 3 aromatic rings. The van der Waals surface area contributed by atoms with Gasteiger partial charge in [-0.25, -0.2) is 0 Å². The van der Waals surface area contributed by atoms with Gasteiger partial charge in [0.15, 0.2) is 0 Å². The van der Waals surface area contributed by atoms with Gasteiger partial charge in [-0.15, -0.1) is 0 Å². The van der Waals surface area contributed by atoms with Gasteiger partial charge >= 0.3 is 187 Å². The molecule has 0 N–H and O–H groups in total. The number of rotatable bonds is 9. The van der Waals surface area contributed by atoms with Crippen molar-refractivity contribution >= 4 is 41.9 Å². The molecule has 0 unspecified atom stereocenters. The summed E-state index contributed by atoms with van der Waals surface area (Å²) < 4.78 is 9.81. The van der Waals surface area contributed by atoms with Gasteiger partial charge in [0.05, 0.1) is 0 Å². The maximum atomic E-state index is 5.31. The monoisotopic (exact) mass is 510 g/mol. The molecule has 0 fully saturated rings. The van der Waals surface area contributed by atoms with Crippen LogP contribution in [0.1, 0.15) is 20.8 Å². The van der Waals surface area contributed by atoms with Crippen LogP contribution in [0, 0.1) is 0 Å². The molecule has 2 radical (unpaired) electrons. The Balaban J connectivity index is 0.000000257. The van der Waals surface area contributed by atoms with Crippen molar-refractivity contribution in [1.29, 1.82) is 0 Å². The molecule has 29 heavy (non-hydrogen) atoms. The van der Waals surface area contributed by atoms with E-state index in [0.717, 1.165) is 13.2 Å². The molecule has 0 aromatic heterocycles. The van der Waals surface area contributed by atoms with Crippen LogP contribution in [0.2, 0.25) is 15.8 Å². The summed E-state index contributed by atoms with van der Waals surface area (Å²) in [6.45, 7) is 8.62. The predicted molar refractivity (Wildman–Crippen MR) is 132 cm³/mol. The van der Waals surface area contributed by atoms with Gasteiger partial charge < -0.3 is 0 Å². The van der Waals surface area contributed by atoms with Gasteiger partial charge in [0.25, 0.3) is 0 Å². The molecular formula is C26H34Ge2O. The molecule has 0 atom stereocenters. The second-order valence-corrected chi connectivity index (χ2v) is 19.2. The molecule has 0 aliphatic carbocycles. The number of hydrogen-bond donors (Lipinski definition) is 0. The van der Waals surface area contributed by atoms with Crippen molar-refractivity contribution in [2.45, 2.75) is 36.5 Å². The molecule has 3 aromatic carbocycles. The molecular weight excluding hydrogens is 474 g/mol. The van der Waals surface area contributed by atoms with Crippen molar-refractivity contribution in [3.05, 3.63) is 91.0 Å². The summed E-state index contributed by atoms with van der Waals surface area (Å²) in [4.78, 5) is 0. The van der Waals surface area contributed by atoms with Crippen LogP contribution in [-0.4, -0.2) is 41.9 Å². The average molecular weight is 508 g/mol. The van der Waals surface area contributed by atoms with Gasteiger partial charge in [-0.1, -0.05) is 0 Å². The van der Waals surface area contributed by atoms with E-state index in [-0.39, 0.29) is 0 Å². The standard InChI is InChI=1S/C18H15Ge.C8H19GeO/c1-4-10-16(11-5-1)19(17-12-6-2-7-13-17)18-14-8-3-9-15-18;1-4-9(5-2)7-8-10-6-3/h1-15H;4-8H2,1-3H3. The number of ether oxygens (including phenoxy) is 1. The molecule has 0 saturated carbocycles. The Morgan fingerprint density at radius 1 is 0.586 bits per heavy atom. The third kappa shape index (κ3) is 8.53. The first kappa shape index (κ1) is 24.0. The molecule has 0 aliphatic rings. The third-order valence-electron chi connectivity index (χ3n) is 4.99. The molecule has 0 spiro atoms. The van der Waals surface area contributed by atoms with E-state index in [1.165, 1.54) is 28.9 Å². The molecule has 0 heterocycles. The molecule has 0 amide bonds. The van der Waals surface area contributed by atoms with Gasteiger partial charge in [-0.3, -0.25) is 0 Å². The van der Waals surface area contributed by atoms with E-state index in [1.54, 1.807) is 0 Å². The summed E-state index contributed by atoms with van der Waals surface area (Å²) in [6, 6.07) is 32.8. The third-order valence-corrected chi connectivity index (χ3v) is 16.8. The number of hydrogen-bond acceptors (Lipinski definition) is 1. The molecule has 152 valence electrons. The van der Waals surface area contributed by atoms with Crippen molar-refractivity contribution < 1.29 is 4.74 Å². The van der Waals surface area contributed by atoms with Gasteiger partial charge in [-0.2, -0.15) is 0 Å². The van der Waals surface area contributed by atoms with E-state index in [9.17, 15) is 0 Å². The van der Waals surface area contributed by atoms with Crippen LogP contribution in [-0.2, 0) is 4.74 Å². The Hall–Kier alpha value is -1.29. The molecule has 0 saturated heterocycles. The quantitative estimate of drug-likeness (QED) is 0.300. The summed E-state index contributed by atoms with van der Waals surface area (Å²) in [6.07, 6.45) is 0. The predicted octanol–water partition coefficient (Wildman–Crippen LogP) is 4.76. The fourth-order valence-electron chi connectivity index (χ4n) is 3.28. The van der Waals surface area contributed by atoms with Crippen LogP contribution < -0.4 is 13.2 Å². The Kier molecular flexibility index (Phi) is 12.1. The first-order valence-corrected chi connectivity index (χ1v) is 18.3. The van der Waals surface area contributed by atoms with Gasteiger partial charge in [-0.05, 0) is 0 Å². The molecule has 1 nitrogen and oxygen atoms in total. The van der Waals surface area contributed by atoms with Crippen molar-refractivity contribution in [1.82, 2.24) is 0 Å². The average Bonchev–Trinajstić information content (AvgIpc) is 2.80. The summed E-state index contributed by atoms with van der Waals surface area (Å²) in [5.41, 5.74) is 0. The van der Waals surface area contributed by atoms with Crippen molar-refractivity contribution in [2.24, 2.45) is 0 Å². The summed E-state index contributed by atoms with van der Waals surface area (Å²) in [7, 11) is 0. The first-order valence-electron chi connectivity index (χ1n) is 10.7. The Bertz CT molecular complexity index is 665. The van der Waals surface area contributed by atoms with Gasteiger partial charge in [0.1, 0.15) is 0 Å². The minimum absolute atomic E-state index is 0.595. The van der Waals surface area contributed by atoms with Crippen LogP contribution in [0.4, 0.5) is 0 Å². The van der Waals surface area contributed by atoms with Crippen LogP contribution in [0.15, 0.2) is 91.0 Å². The van der Waals surface area contributed by atoms with Gasteiger partial charge in [0, 0.05) is 0 Å². The van der Waals surface area contributed by atoms with E-state index in [4.69, 9.17) is 4.74 Å². The van der Waals surface area contributed by atoms with Crippen molar-refractivity contribution in [2.75, 3.05) is 13.2 Å². The van der Waals surface area contributed by atoms with E-state index in [1.807, 2.05) is 0 Å². The molecule has 3 heteroatoms. The fraction of sp³-hybridized carbons (Fsp3) is 0.308. The van der Waals surface area contributed by atoms with Crippen LogP contribution in [0.5, 0.6) is 0 Å². The topological polar surface area (TPSA) is 9.23 Å². The summed E-state index contributed by atoms with van der Waals surface area (Å²) in [5.74, 6) is 0. The maximum absolute atomic E-state index is 5.31. The Morgan fingerprint density at radius 3 is 1.28 bits per heavy atom. The summed E-state index contributed by atoms with van der Waals surface area (Å²) in [5, 5.41) is 4.33. The second kappa shape index (κ2) is 14.7. The van der Waals surface area contributed by atoms with Crippen LogP contribution in [0.3, 0.4) is 0 Å². The first-order chi connectivity index (χ1) is 14.3. The van der Waals surface area contributed by atoms with E-state index < -0.39 is 28.7 Å². The molecule has 3 rings (SSSR count). The fourth-order valence-corrected chi connectivity index (χ4v) is 12.1. The van der Waals surface area contributed by atoms with E-state index in [2.05, 4.69) is 112 Å². The van der Waals surface area contributed by atoms with E-state index in [0.29, 0.717) is 0 Å². The zero-order valence-electron chi connectivity index (χ0n) is 18.1. The van der Waals surface area contributed by atoms with E-state index >= 15 is 0 Å². The second-order valence-electron chi connectivity index (χ2n) is 6.88. The van der Waals surface area contributed by atoms with Crippen LogP contribution in [0.25, 0.3) is 0 Å². The Morgan fingerprint density at radius 2 is 0.966 bits per heavy atom. The minimum atomic E-state index is -1.63. The van der Waals surface area contributed by atoms with Crippen LogP contribution >= 0.6 is 0 Å². The van der Waals surface area contributed by atoms with Gasteiger partial charge in [0.2, 0.25) is 0 Å². The number of benzene rings is 3. The van der Waals surface area contributed by atoms with Crippen molar-refractivity contribution in [3.63, 3.8) is 0 Å². The molecule has 0 aliphatic heterocycles. The summed E-state index contributed by atoms with van der Waals surface area (Å²) >= 11 is -2.23. The zero-order valence-corrected chi connectivity index (χ0v) is 22.3. The normalized spacial score (nSPS) is 10.7.